The number of nitrogens with zero attached hydrogens (tertiary/aromatic N) is 1. The van der Waals surface area contributed by atoms with Gasteiger partial charge < -0.3 is 14.1 Å². The van der Waals surface area contributed by atoms with Crippen molar-refractivity contribution in [1.82, 2.24) is 0 Å². The minimum atomic E-state index is -0.653. The highest BCUT2D eigenvalue weighted by Gasteiger charge is 2.52. The molecule has 0 unspecified atom stereocenters. The van der Waals surface area contributed by atoms with Crippen LogP contribution in [0, 0.1) is 5.92 Å². The van der Waals surface area contributed by atoms with E-state index < -0.39 is 5.41 Å². The molecule has 0 amide bonds. The summed E-state index contributed by atoms with van der Waals surface area (Å²) in [5.41, 5.74) is 18.0. The van der Waals surface area contributed by atoms with Crippen LogP contribution in [-0.2, 0) is 10.8 Å². The average molecular weight is 836 g/mol. The monoisotopic (exact) mass is 835 g/mol. The molecular formula is C62H45NO2. The van der Waals surface area contributed by atoms with Crippen LogP contribution in [-0.4, -0.2) is 0 Å². The van der Waals surface area contributed by atoms with E-state index in [1.165, 1.54) is 76.6 Å². The summed E-state index contributed by atoms with van der Waals surface area (Å²) in [7, 11) is 0. The van der Waals surface area contributed by atoms with E-state index in [4.69, 9.17) is 9.15 Å². The van der Waals surface area contributed by atoms with Gasteiger partial charge in [-0.15, -0.1) is 0 Å². The number of hydrogen-bond acceptors (Lipinski definition) is 3. The third kappa shape index (κ3) is 5.30. The third-order valence-corrected chi connectivity index (χ3v) is 15.6. The number of hydrogen-bond donors (Lipinski definition) is 0. The highest BCUT2D eigenvalue weighted by atomic mass is 16.5. The summed E-state index contributed by atoms with van der Waals surface area (Å²) < 4.78 is 14.0. The molecule has 310 valence electrons. The first kappa shape index (κ1) is 36.8. The van der Waals surface area contributed by atoms with Gasteiger partial charge >= 0.3 is 0 Å². The Hall–Kier alpha value is -7.62. The zero-order chi connectivity index (χ0) is 42.7. The Labute approximate surface area is 379 Å². The van der Waals surface area contributed by atoms with Crippen LogP contribution in [0.4, 0.5) is 17.1 Å². The molecule has 1 aliphatic heterocycles. The molecule has 14 rings (SSSR count). The van der Waals surface area contributed by atoms with Gasteiger partial charge in [0.25, 0.3) is 0 Å². The molecule has 1 aromatic heterocycles. The fourth-order valence-corrected chi connectivity index (χ4v) is 12.7. The van der Waals surface area contributed by atoms with E-state index in [9.17, 15) is 0 Å². The standard InChI is InChI=1S/C62H45NO2/c1-2-14-41(15-3-1)42-28-30-45(31-29-42)63(55-24-13-27-58-59(55)49-20-6-10-25-56(49)64-58)46-37-50(43-16-12-17-44(36-43)61-34-32-40(39-61)33-35-61)60-54(38-46)62(53-23-9-11-26-57(53)65-60)51-21-7-4-18-47(51)48-19-5-8-22-52(48)62/h1-31,36-38,40H,32-35,39H2. The number of benzene rings is 9. The van der Waals surface area contributed by atoms with Gasteiger partial charge in [-0.3, -0.25) is 0 Å². The molecule has 4 aliphatic rings. The first-order valence-corrected chi connectivity index (χ1v) is 23.3. The van der Waals surface area contributed by atoms with Crippen LogP contribution >= 0.6 is 0 Å². The smallest absolute Gasteiger partial charge is 0.140 e. The first-order valence-electron chi connectivity index (χ1n) is 23.3. The summed E-state index contributed by atoms with van der Waals surface area (Å²) in [5.74, 6) is 2.66. The Morgan fingerprint density at radius 1 is 0.462 bits per heavy atom. The third-order valence-electron chi connectivity index (χ3n) is 15.6. The van der Waals surface area contributed by atoms with Crippen LogP contribution < -0.4 is 9.64 Å². The van der Waals surface area contributed by atoms with E-state index >= 15 is 0 Å². The Morgan fingerprint density at radius 3 is 1.88 bits per heavy atom. The normalized spacial score (nSPS) is 18.3. The summed E-state index contributed by atoms with van der Waals surface area (Å²) in [4.78, 5) is 2.46. The lowest BCUT2D eigenvalue weighted by molar-refractivity contribution is 0.419. The number of ether oxygens (including phenoxy) is 1. The summed E-state index contributed by atoms with van der Waals surface area (Å²) >= 11 is 0. The number of fused-ring (bicyclic) bond motifs is 14. The summed E-state index contributed by atoms with van der Waals surface area (Å²) in [6.07, 6.45) is 6.51. The van der Waals surface area contributed by atoms with E-state index in [1.54, 1.807) is 0 Å². The molecule has 3 heteroatoms. The van der Waals surface area contributed by atoms with Gasteiger partial charge in [0.2, 0.25) is 0 Å². The molecule has 0 atom stereocenters. The summed E-state index contributed by atoms with van der Waals surface area (Å²) in [5, 5.41) is 2.17. The van der Waals surface area contributed by atoms with Gasteiger partial charge in [-0.1, -0.05) is 158 Å². The molecule has 2 heterocycles. The summed E-state index contributed by atoms with van der Waals surface area (Å²) in [6.45, 7) is 0. The SMILES string of the molecule is c1ccc(-c2ccc(N(c3cc(-c4cccc(C56CCC(CC5)C6)c4)c4c(c3)C3(c5ccccc5O4)c4ccccc4-c4ccccc43)c3cccc4oc5ccccc5c34)cc2)cc1. The van der Waals surface area contributed by atoms with Crippen LogP contribution in [0.25, 0.3) is 55.3 Å². The van der Waals surface area contributed by atoms with Gasteiger partial charge in [0.1, 0.15) is 22.7 Å². The van der Waals surface area contributed by atoms with Crippen molar-refractivity contribution in [2.45, 2.75) is 42.9 Å². The molecule has 0 N–H and O–H groups in total. The van der Waals surface area contributed by atoms with Crippen LogP contribution in [0.3, 0.4) is 0 Å². The Balaban J connectivity index is 1.10. The first-order chi connectivity index (χ1) is 32.2. The fraction of sp³-hybridized carbons (Fsp3) is 0.129. The zero-order valence-electron chi connectivity index (χ0n) is 36.0. The number of furan rings is 1. The van der Waals surface area contributed by atoms with Crippen molar-refractivity contribution in [1.29, 1.82) is 0 Å². The number of rotatable bonds is 6. The van der Waals surface area contributed by atoms with Crippen molar-refractivity contribution in [2.75, 3.05) is 4.90 Å². The van der Waals surface area contributed by atoms with Crippen LogP contribution in [0.2, 0.25) is 0 Å². The minimum absolute atomic E-state index is 0.251. The second kappa shape index (κ2) is 13.9. The van der Waals surface area contributed by atoms with Crippen molar-refractivity contribution in [2.24, 2.45) is 5.92 Å². The highest BCUT2D eigenvalue weighted by Crippen LogP contribution is 2.64. The molecule has 3 aliphatic carbocycles. The van der Waals surface area contributed by atoms with Crippen molar-refractivity contribution in [3.63, 3.8) is 0 Å². The predicted octanol–water partition coefficient (Wildman–Crippen LogP) is 16.7. The lowest BCUT2D eigenvalue weighted by Crippen LogP contribution is -2.32. The molecule has 0 saturated heterocycles. The van der Waals surface area contributed by atoms with Crippen LogP contribution in [0.15, 0.2) is 211 Å². The maximum absolute atomic E-state index is 7.40. The predicted molar refractivity (Wildman–Crippen MR) is 265 cm³/mol. The Kier molecular flexibility index (Phi) is 7.90. The van der Waals surface area contributed by atoms with Gasteiger partial charge in [0.05, 0.1) is 16.5 Å². The van der Waals surface area contributed by atoms with Crippen molar-refractivity contribution >= 4 is 39.0 Å². The largest absolute Gasteiger partial charge is 0.456 e. The van der Waals surface area contributed by atoms with Crippen LogP contribution in [0.1, 0.15) is 59.9 Å². The van der Waals surface area contributed by atoms with Crippen molar-refractivity contribution in [3.8, 4) is 44.9 Å². The van der Waals surface area contributed by atoms with E-state index in [0.29, 0.717) is 0 Å². The topological polar surface area (TPSA) is 25.6 Å². The van der Waals surface area contributed by atoms with Gasteiger partial charge in [-0.2, -0.15) is 0 Å². The molecule has 9 aromatic carbocycles. The quantitative estimate of drug-likeness (QED) is 0.167. The molecule has 2 bridgehead atoms. The van der Waals surface area contributed by atoms with Gasteiger partial charge in [0, 0.05) is 33.5 Å². The van der Waals surface area contributed by atoms with Gasteiger partial charge in [-0.25, -0.2) is 0 Å². The molecular weight excluding hydrogens is 791 g/mol. The molecule has 10 aromatic rings. The second-order valence-electron chi connectivity index (χ2n) is 18.8. The molecule has 0 radical (unpaired) electrons. The van der Waals surface area contributed by atoms with Gasteiger partial charge in [0.15, 0.2) is 0 Å². The van der Waals surface area contributed by atoms with E-state index in [1.807, 2.05) is 0 Å². The maximum atomic E-state index is 7.40. The lowest BCUT2D eigenvalue weighted by atomic mass is 9.65. The van der Waals surface area contributed by atoms with Crippen molar-refractivity contribution < 1.29 is 9.15 Å². The molecule has 2 fully saturated rings. The molecule has 65 heavy (non-hydrogen) atoms. The maximum Gasteiger partial charge on any atom is 0.140 e. The molecule has 2 saturated carbocycles. The highest BCUT2D eigenvalue weighted by molar-refractivity contribution is 6.13. The summed E-state index contributed by atoms with van der Waals surface area (Å²) in [6, 6.07) is 75.9. The van der Waals surface area contributed by atoms with Gasteiger partial charge in [-0.05, 0) is 136 Å². The number of para-hydroxylation sites is 2. The van der Waals surface area contributed by atoms with E-state index in [-0.39, 0.29) is 5.41 Å². The molecule has 1 spiro atoms. The van der Waals surface area contributed by atoms with Crippen LogP contribution in [0.5, 0.6) is 11.5 Å². The van der Waals surface area contributed by atoms with E-state index in [2.05, 4.69) is 211 Å². The Morgan fingerprint density at radius 2 is 1.11 bits per heavy atom. The minimum Gasteiger partial charge on any atom is -0.456 e. The second-order valence-corrected chi connectivity index (χ2v) is 18.8. The lowest BCUT2D eigenvalue weighted by Gasteiger charge is -2.41. The fourth-order valence-electron chi connectivity index (χ4n) is 12.7. The molecule has 3 nitrogen and oxygen atoms in total. The van der Waals surface area contributed by atoms with E-state index in [0.717, 1.165) is 73.1 Å². The Bertz CT molecular complexity index is 3470. The average Bonchev–Trinajstić information content (AvgIpc) is 4.16. The zero-order valence-corrected chi connectivity index (χ0v) is 36.0. The number of anilines is 3. The van der Waals surface area contributed by atoms with Crippen molar-refractivity contribution in [3.05, 3.63) is 234 Å².